The van der Waals surface area contributed by atoms with E-state index in [4.69, 9.17) is 14.7 Å². The fourth-order valence-corrected chi connectivity index (χ4v) is 0. The van der Waals surface area contributed by atoms with Gasteiger partial charge in [-0.3, -0.25) is 0 Å². The number of hydrogen-bond acceptors (Lipinski definition) is 3. The Morgan fingerprint density at radius 1 is 1.00 bits per heavy atom. The second kappa shape index (κ2) is 15.8. The number of rotatable bonds is 0. The maximum atomic E-state index is 8.48. The van der Waals surface area contributed by atoms with Crippen molar-refractivity contribution in [3.05, 3.63) is 0 Å². The molecule has 0 aliphatic rings. The molecule has 0 saturated carbocycles. The molecule has 0 spiro atoms. The second-order valence-corrected chi connectivity index (χ2v) is 0.671. The van der Waals surface area contributed by atoms with Crippen LogP contribution in [0.5, 0.6) is 0 Å². The van der Waals surface area contributed by atoms with Crippen molar-refractivity contribution in [1.82, 2.24) is 0 Å². The minimum Gasteiger partial charge on any atom is -3.00 e. The largest absolute Gasteiger partial charge is 3.00 e. The number of hydrogen-bond donors (Lipinski definition) is 0. The van der Waals surface area contributed by atoms with Gasteiger partial charge in [0.2, 0.25) is 0 Å². The van der Waals surface area contributed by atoms with Gasteiger partial charge in [-0.2, -0.15) is 0 Å². The standard InChI is InChI=1S/As.Ga.In.O3P/c;;;1-4(2)3/q-3;2*+3;-3. The molecule has 0 atom stereocenters. The van der Waals surface area contributed by atoms with Crippen LogP contribution in [-0.4, -0.2) is 63.6 Å². The zero-order valence-corrected chi connectivity index (χ0v) is 11.8. The summed E-state index contributed by atoms with van der Waals surface area (Å²) in [5.41, 5.74) is 0. The third kappa shape index (κ3) is 60.3. The molecule has 34 valence electrons. The Labute approximate surface area is 86.0 Å². The van der Waals surface area contributed by atoms with Gasteiger partial charge in [-0.05, 0) is 0 Å². The molecule has 0 aliphatic heterocycles. The average molecular weight is 338 g/mol. The van der Waals surface area contributed by atoms with Crippen LogP contribution in [0.15, 0.2) is 0 Å². The van der Waals surface area contributed by atoms with Crippen LogP contribution in [-0.2, 0) is 0 Å². The Morgan fingerprint density at radius 2 is 1.00 bits per heavy atom. The van der Waals surface area contributed by atoms with E-state index in [0.29, 0.717) is 0 Å². The minimum absolute atomic E-state index is 0. The first-order valence-corrected chi connectivity index (χ1v) is 1.64. The molecule has 0 aromatic rings. The smallest absolute Gasteiger partial charge is 3.00 e. The normalized spacial score (nSPS) is 5.14. The molecule has 0 rings (SSSR count). The van der Waals surface area contributed by atoms with E-state index < -0.39 is 8.60 Å². The Kier molecular flexibility index (Phi) is 51.3. The van der Waals surface area contributed by atoms with Gasteiger partial charge in [0.15, 0.2) is 0 Å². The van der Waals surface area contributed by atoms with Gasteiger partial charge in [0.05, 0.1) is 0 Å². The summed E-state index contributed by atoms with van der Waals surface area (Å²) in [6.07, 6.45) is 0. The van der Waals surface area contributed by atoms with E-state index >= 15 is 0 Å². The van der Waals surface area contributed by atoms with Crippen LogP contribution >= 0.6 is 8.60 Å². The van der Waals surface area contributed by atoms with Gasteiger partial charge in [-0.1, -0.05) is 0 Å². The van der Waals surface area contributed by atoms with Crippen LogP contribution in [0, 0.1) is 0 Å². The molecule has 0 unspecified atom stereocenters. The molecule has 0 saturated heterocycles. The van der Waals surface area contributed by atoms with E-state index in [1.165, 1.54) is 0 Å². The first-order valence-electron chi connectivity index (χ1n) is 0.548. The summed E-state index contributed by atoms with van der Waals surface area (Å²) in [5, 5.41) is 0. The predicted octanol–water partition coefficient (Wildman–Crippen LogP) is -3.85. The van der Waals surface area contributed by atoms with Crippen molar-refractivity contribution < 1.29 is 14.7 Å². The van der Waals surface area contributed by atoms with E-state index in [0.717, 1.165) is 0 Å². The van der Waals surface area contributed by atoms with E-state index in [9.17, 15) is 0 Å². The van der Waals surface area contributed by atoms with Crippen molar-refractivity contribution in [3.8, 4) is 0 Å². The quantitative estimate of drug-likeness (QED) is 0.335. The van der Waals surface area contributed by atoms with Crippen molar-refractivity contribution in [3.63, 3.8) is 0 Å². The van der Waals surface area contributed by atoms with E-state index in [-0.39, 0.29) is 63.6 Å². The van der Waals surface area contributed by atoms with E-state index in [1.54, 1.807) is 0 Å². The van der Waals surface area contributed by atoms with Gasteiger partial charge in [-0.15, -0.1) is 0 Å². The third-order valence-corrected chi connectivity index (χ3v) is 0. The van der Waals surface area contributed by atoms with Crippen LogP contribution in [0.1, 0.15) is 0 Å². The fraction of sp³-hybridized carbons (Fsp3) is 0. The molecule has 0 heterocycles. The second-order valence-electron chi connectivity index (χ2n) is 0.224. The zero-order valence-electron chi connectivity index (χ0n) is 3.27. The van der Waals surface area contributed by atoms with Crippen LogP contribution < -0.4 is 14.7 Å². The molecular weight excluding hydrogens is 338 g/mol. The van der Waals surface area contributed by atoms with Crippen LogP contribution in [0.2, 0.25) is 0 Å². The summed E-state index contributed by atoms with van der Waals surface area (Å²) in [7, 11) is -3.37. The Bertz CT molecular complexity index is 19.7. The molecule has 0 aliphatic carbocycles. The maximum absolute atomic E-state index is 8.48. The van der Waals surface area contributed by atoms with Crippen molar-refractivity contribution in [2.45, 2.75) is 0 Å². The summed E-state index contributed by atoms with van der Waals surface area (Å²) < 4.78 is 0. The van der Waals surface area contributed by atoms with Gasteiger partial charge in [0.25, 0.3) is 0 Å². The zero-order chi connectivity index (χ0) is 3.58. The predicted molar refractivity (Wildman–Crippen MR) is 24.2 cm³/mol. The summed E-state index contributed by atoms with van der Waals surface area (Å²) >= 11 is 0. The topological polar surface area (TPSA) is 69.2 Å². The summed E-state index contributed by atoms with van der Waals surface area (Å²) in [4.78, 5) is 25.4. The van der Waals surface area contributed by atoms with E-state index in [2.05, 4.69) is 0 Å². The average Bonchev–Trinajstić information content (AvgIpc) is 0.811. The SMILES string of the molecule is [As-3].[Ga+3].[In+3].[O-]P([O-])[O-]. The molecule has 0 amide bonds. The van der Waals surface area contributed by atoms with Gasteiger partial charge < -0.3 is 41.2 Å². The molecule has 3 nitrogen and oxygen atoms in total. The van der Waals surface area contributed by atoms with Gasteiger partial charge in [0, 0.05) is 0 Å². The Morgan fingerprint density at radius 3 is 1.00 bits per heavy atom. The Hall–Kier alpha value is 2.37. The summed E-state index contributed by atoms with van der Waals surface area (Å²) in [6.45, 7) is 0. The molecule has 0 aromatic carbocycles. The Balaban J connectivity index is -0.0000000150. The first kappa shape index (κ1) is 22.8. The molecule has 7 heteroatoms. The van der Waals surface area contributed by atoms with Crippen molar-refractivity contribution >= 4 is 72.2 Å². The van der Waals surface area contributed by atoms with Crippen LogP contribution in [0.3, 0.4) is 0 Å². The molecule has 0 fully saturated rings. The summed E-state index contributed by atoms with van der Waals surface area (Å²) in [6, 6.07) is 0. The van der Waals surface area contributed by atoms with E-state index in [1.807, 2.05) is 0 Å². The third-order valence-electron chi connectivity index (χ3n) is 0. The van der Waals surface area contributed by atoms with Crippen molar-refractivity contribution in [2.75, 3.05) is 0 Å². The molecule has 0 N–H and O–H groups in total. The maximum Gasteiger partial charge on any atom is 3.00 e. The fourth-order valence-electron chi connectivity index (χ4n) is 0. The monoisotopic (exact) mass is 338 g/mol. The van der Waals surface area contributed by atoms with Crippen molar-refractivity contribution in [1.29, 1.82) is 0 Å². The van der Waals surface area contributed by atoms with Crippen LogP contribution in [0.25, 0.3) is 0 Å². The molecule has 0 radical (unpaired) electrons. The molecule has 7 heavy (non-hydrogen) atoms. The molecule has 0 aromatic heterocycles. The molecule has 0 bridgehead atoms. The van der Waals surface area contributed by atoms with Crippen molar-refractivity contribution in [2.24, 2.45) is 0 Å². The summed E-state index contributed by atoms with van der Waals surface area (Å²) in [5.74, 6) is 0. The van der Waals surface area contributed by atoms with Gasteiger partial charge in [-0.25, -0.2) is 0 Å². The first-order chi connectivity index (χ1) is 1.73. The van der Waals surface area contributed by atoms with Gasteiger partial charge >= 0.3 is 45.6 Å². The minimum atomic E-state index is -3.37. The van der Waals surface area contributed by atoms with Gasteiger partial charge in [0.1, 0.15) is 0 Å². The van der Waals surface area contributed by atoms with Crippen LogP contribution in [0.4, 0.5) is 0 Å². The molecular formula is AsGaInO3P.